The van der Waals surface area contributed by atoms with Crippen LogP contribution in [0.3, 0.4) is 0 Å². The van der Waals surface area contributed by atoms with E-state index in [1.807, 2.05) is 19.1 Å². The van der Waals surface area contributed by atoms with E-state index >= 15 is 0 Å². The van der Waals surface area contributed by atoms with Crippen molar-refractivity contribution in [2.45, 2.75) is 39.5 Å². The van der Waals surface area contributed by atoms with Gasteiger partial charge in [0.05, 0.1) is 19.7 Å². The molecule has 1 aliphatic rings. The summed E-state index contributed by atoms with van der Waals surface area (Å²) in [7, 11) is 0. The number of aryl methyl sites for hydroxylation is 1. The number of nitrogens with one attached hydrogen (secondary N) is 2. The second kappa shape index (κ2) is 10.2. The van der Waals surface area contributed by atoms with Crippen molar-refractivity contribution in [3.8, 4) is 11.1 Å². The lowest BCUT2D eigenvalue weighted by Gasteiger charge is -2.16. The van der Waals surface area contributed by atoms with Crippen molar-refractivity contribution in [1.29, 1.82) is 0 Å². The number of hydrogen-bond acceptors (Lipinski definition) is 4. The number of ether oxygens (including phenoxy) is 1. The summed E-state index contributed by atoms with van der Waals surface area (Å²) in [5.74, 6) is -0.476. The molecular weight excluding hydrogens is 408 g/mol. The Hall–Kier alpha value is -1.89. The molecule has 1 aliphatic heterocycles. The van der Waals surface area contributed by atoms with E-state index in [9.17, 15) is 9.59 Å². The van der Waals surface area contributed by atoms with Gasteiger partial charge < -0.3 is 15.0 Å². The molecule has 2 heterocycles. The second-order valence-corrected chi connectivity index (χ2v) is 9.02. The third-order valence-electron chi connectivity index (χ3n) is 5.17. The predicted octanol–water partition coefficient (Wildman–Crippen LogP) is 3.95. The molecule has 3 rings (SSSR count). The molecule has 1 fully saturated rings. The van der Waals surface area contributed by atoms with E-state index in [0.717, 1.165) is 41.9 Å². The highest BCUT2D eigenvalue weighted by atomic mass is 35.5. The van der Waals surface area contributed by atoms with Crippen molar-refractivity contribution in [2.24, 2.45) is 0 Å². The Morgan fingerprint density at radius 3 is 2.41 bits per heavy atom. The van der Waals surface area contributed by atoms with Crippen molar-refractivity contribution < 1.29 is 19.2 Å². The summed E-state index contributed by atoms with van der Waals surface area (Å²) in [5, 5.41) is 4.18. The fourth-order valence-corrected chi connectivity index (χ4v) is 5.00. The van der Waals surface area contributed by atoms with Gasteiger partial charge in [0.2, 0.25) is 0 Å². The summed E-state index contributed by atoms with van der Waals surface area (Å²) < 4.78 is 5.30. The van der Waals surface area contributed by atoms with E-state index < -0.39 is 5.97 Å². The predicted molar refractivity (Wildman–Crippen MR) is 118 cm³/mol. The molecule has 1 aromatic carbocycles. The summed E-state index contributed by atoms with van der Waals surface area (Å²) in [6, 6.07) is 7.36. The van der Waals surface area contributed by atoms with Crippen molar-refractivity contribution in [3.05, 3.63) is 39.7 Å². The average Bonchev–Trinajstić information content (AvgIpc) is 2.83. The van der Waals surface area contributed by atoms with Crippen molar-refractivity contribution in [1.82, 2.24) is 0 Å². The Labute approximate surface area is 181 Å². The fraction of sp³-hybridized carbons (Fsp3) is 0.455. The average molecular weight is 436 g/mol. The van der Waals surface area contributed by atoms with Crippen LogP contribution in [0.1, 0.15) is 47.8 Å². The zero-order valence-corrected chi connectivity index (χ0v) is 18.5. The van der Waals surface area contributed by atoms with Gasteiger partial charge in [-0.25, -0.2) is 4.79 Å². The van der Waals surface area contributed by atoms with Gasteiger partial charge in [0, 0.05) is 15.5 Å². The quantitative estimate of drug-likeness (QED) is 0.675. The van der Waals surface area contributed by atoms with Crippen LogP contribution in [-0.2, 0) is 9.53 Å². The SMILES string of the molecule is CCOC(=O)c1c(NC(=O)C[NH+]2CCCCCC2)sc(C)c1-c1ccc(Cl)cc1. The van der Waals surface area contributed by atoms with Gasteiger partial charge in [0.25, 0.3) is 5.91 Å². The minimum absolute atomic E-state index is 0.0589. The molecule has 2 aromatic rings. The lowest BCUT2D eigenvalue weighted by atomic mass is 10.0. The van der Waals surface area contributed by atoms with Crippen LogP contribution in [0.2, 0.25) is 5.02 Å². The summed E-state index contributed by atoms with van der Waals surface area (Å²) in [6.07, 6.45) is 4.81. The lowest BCUT2D eigenvalue weighted by molar-refractivity contribution is -0.890. The molecule has 156 valence electrons. The monoisotopic (exact) mass is 435 g/mol. The van der Waals surface area contributed by atoms with E-state index in [4.69, 9.17) is 16.3 Å². The van der Waals surface area contributed by atoms with Crippen LogP contribution in [0.25, 0.3) is 11.1 Å². The molecule has 0 bridgehead atoms. The third-order valence-corrected chi connectivity index (χ3v) is 6.44. The first kappa shape index (κ1) is 21.8. The Balaban J connectivity index is 1.87. The maximum absolute atomic E-state index is 12.8. The van der Waals surface area contributed by atoms with Crippen LogP contribution < -0.4 is 10.2 Å². The van der Waals surface area contributed by atoms with Crippen LogP contribution in [0.5, 0.6) is 0 Å². The van der Waals surface area contributed by atoms with E-state index in [2.05, 4.69) is 5.32 Å². The molecule has 2 N–H and O–H groups in total. The standard InChI is InChI=1S/C22H27ClN2O3S/c1-3-28-22(27)20-19(16-8-10-17(23)11-9-16)15(2)29-21(20)24-18(26)14-25-12-6-4-5-7-13-25/h8-11H,3-7,12-14H2,1-2H3,(H,24,26)/p+1. The first-order valence-corrected chi connectivity index (χ1v) is 11.4. The highest BCUT2D eigenvalue weighted by Gasteiger charge is 2.26. The van der Waals surface area contributed by atoms with Gasteiger partial charge >= 0.3 is 5.97 Å². The van der Waals surface area contributed by atoms with Crippen molar-refractivity contribution in [2.75, 3.05) is 31.6 Å². The zero-order chi connectivity index (χ0) is 20.8. The minimum Gasteiger partial charge on any atom is -0.462 e. The van der Waals surface area contributed by atoms with Crippen LogP contribution >= 0.6 is 22.9 Å². The molecule has 0 spiro atoms. The number of carbonyl (C=O) groups is 2. The second-order valence-electron chi connectivity index (χ2n) is 7.35. The Morgan fingerprint density at radius 1 is 1.14 bits per heavy atom. The van der Waals surface area contributed by atoms with Crippen LogP contribution in [0.15, 0.2) is 24.3 Å². The number of anilines is 1. The number of thiophene rings is 1. The molecule has 1 aromatic heterocycles. The number of halogens is 1. The van der Waals surface area contributed by atoms with Gasteiger partial charge in [-0.05, 0) is 57.2 Å². The maximum Gasteiger partial charge on any atom is 0.341 e. The molecule has 7 heteroatoms. The van der Waals surface area contributed by atoms with Crippen LogP contribution in [0.4, 0.5) is 5.00 Å². The molecule has 0 radical (unpaired) electrons. The van der Waals surface area contributed by atoms with Crippen LogP contribution in [0, 0.1) is 6.92 Å². The van der Waals surface area contributed by atoms with E-state index in [0.29, 0.717) is 22.1 Å². The zero-order valence-electron chi connectivity index (χ0n) is 17.0. The molecule has 1 saturated heterocycles. The molecule has 0 unspecified atom stereocenters. The van der Waals surface area contributed by atoms with Crippen molar-refractivity contribution in [3.63, 3.8) is 0 Å². The summed E-state index contributed by atoms with van der Waals surface area (Å²) in [6.45, 7) is 6.48. The molecule has 0 saturated carbocycles. The highest BCUT2D eigenvalue weighted by molar-refractivity contribution is 7.17. The van der Waals surface area contributed by atoms with Crippen molar-refractivity contribution >= 4 is 39.8 Å². The normalized spacial score (nSPS) is 15.0. The summed E-state index contributed by atoms with van der Waals surface area (Å²) >= 11 is 7.43. The number of likely N-dealkylation sites (tertiary alicyclic amines) is 1. The topological polar surface area (TPSA) is 59.8 Å². The maximum atomic E-state index is 12.8. The van der Waals surface area contributed by atoms with Gasteiger partial charge in [-0.15, -0.1) is 11.3 Å². The number of esters is 1. The molecule has 0 aliphatic carbocycles. The fourth-order valence-electron chi connectivity index (χ4n) is 3.80. The highest BCUT2D eigenvalue weighted by Crippen LogP contribution is 2.40. The lowest BCUT2D eigenvalue weighted by Crippen LogP contribution is -3.12. The smallest absolute Gasteiger partial charge is 0.341 e. The third kappa shape index (κ3) is 5.59. The number of amides is 1. The molecule has 1 amide bonds. The van der Waals surface area contributed by atoms with E-state index in [-0.39, 0.29) is 12.5 Å². The Bertz CT molecular complexity index is 856. The van der Waals surface area contributed by atoms with Gasteiger partial charge in [0.15, 0.2) is 6.54 Å². The number of quaternary nitrogens is 1. The number of carbonyl (C=O) groups excluding carboxylic acids is 2. The summed E-state index contributed by atoms with van der Waals surface area (Å²) in [5.41, 5.74) is 2.10. The molecule has 5 nitrogen and oxygen atoms in total. The van der Waals surface area contributed by atoms with Gasteiger partial charge in [0.1, 0.15) is 10.6 Å². The van der Waals surface area contributed by atoms with E-state index in [1.165, 1.54) is 29.1 Å². The van der Waals surface area contributed by atoms with Gasteiger partial charge in [-0.3, -0.25) is 4.79 Å². The van der Waals surface area contributed by atoms with Gasteiger partial charge in [-0.1, -0.05) is 23.7 Å². The largest absolute Gasteiger partial charge is 0.462 e. The summed E-state index contributed by atoms with van der Waals surface area (Å²) in [4.78, 5) is 27.8. The Morgan fingerprint density at radius 2 is 1.79 bits per heavy atom. The first-order chi connectivity index (χ1) is 14.0. The number of rotatable bonds is 6. The molecule has 0 atom stereocenters. The molecular formula is C22H28ClN2O3S+. The molecule has 29 heavy (non-hydrogen) atoms. The Kier molecular flexibility index (Phi) is 7.70. The van der Waals surface area contributed by atoms with E-state index in [1.54, 1.807) is 19.1 Å². The number of hydrogen-bond donors (Lipinski definition) is 2. The first-order valence-electron chi connectivity index (χ1n) is 10.2. The van der Waals surface area contributed by atoms with Gasteiger partial charge in [-0.2, -0.15) is 0 Å². The minimum atomic E-state index is -0.417. The number of benzene rings is 1. The van der Waals surface area contributed by atoms with Crippen LogP contribution in [-0.4, -0.2) is 38.1 Å².